The summed E-state index contributed by atoms with van der Waals surface area (Å²) in [5.41, 5.74) is 2.62. The summed E-state index contributed by atoms with van der Waals surface area (Å²) in [7, 11) is 0. The van der Waals surface area contributed by atoms with Gasteiger partial charge in [0.2, 0.25) is 11.8 Å². The number of hydrogen-bond donors (Lipinski definition) is 1. The zero-order chi connectivity index (χ0) is 26.1. The van der Waals surface area contributed by atoms with E-state index in [1.54, 1.807) is 4.90 Å². The zero-order valence-electron chi connectivity index (χ0n) is 20.8. The second-order valence-electron chi connectivity index (χ2n) is 9.72. The maximum absolute atomic E-state index is 13.7. The predicted octanol–water partition coefficient (Wildman–Crippen LogP) is 6.89. The number of carbonyl (C=O) groups excluding carboxylic acids is 2. The molecule has 0 heterocycles. The number of halogens is 2. The van der Waals surface area contributed by atoms with Gasteiger partial charge in [0.1, 0.15) is 6.04 Å². The van der Waals surface area contributed by atoms with E-state index >= 15 is 0 Å². The maximum atomic E-state index is 13.7. The number of hydrogen-bond acceptors (Lipinski definition) is 3. The molecule has 7 heteroatoms. The number of amides is 2. The molecule has 4 nitrogen and oxygen atoms in total. The first-order valence-corrected chi connectivity index (χ1v) is 14.2. The van der Waals surface area contributed by atoms with Crippen LogP contribution >= 0.6 is 39.3 Å². The SMILES string of the molecule is CC(C)(C)NC(=O)C(Cc1ccccc1)N(Cc1ccc(Br)cc1)C(=O)CSCc1cccc(Cl)c1. The van der Waals surface area contributed by atoms with Gasteiger partial charge in [0.05, 0.1) is 5.75 Å². The van der Waals surface area contributed by atoms with Gasteiger partial charge in [0.15, 0.2) is 0 Å². The Morgan fingerprint density at radius 2 is 1.61 bits per heavy atom. The molecule has 36 heavy (non-hydrogen) atoms. The molecule has 2 amide bonds. The van der Waals surface area contributed by atoms with Crippen LogP contribution in [0.2, 0.25) is 5.02 Å². The summed E-state index contributed by atoms with van der Waals surface area (Å²) in [4.78, 5) is 28.9. The third-order valence-electron chi connectivity index (χ3n) is 5.42. The minimum Gasteiger partial charge on any atom is -0.350 e. The lowest BCUT2D eigenvalue weighted by Gasteiger charge is -2.34. The second kappa shape index (κ2) is 13.3. The summed E-state index contributed by atoms with van der Waals surface area (Å²) >= 11 is 11.1. The second-order valence-corrected chi connectivity index (χ2v) is 12.1. The first-order chi connectivity index (χ1) is 17.1. The summed E-state index contributed by atoms with van der Waals surface area (Å²) in [6, 6.07) is 24.7. The van der Waals surface area contributed by atoms with Gasteiger partial charge in [-0.3, -0.25) is 9.59 Å². The maximum Gasteiger partial charge on any atom is 0.243 e. The molecule has 0 radical (unpaired) electrons. The van der Waals surface area contributed by atoms with Crippen LogP contribution in [0.5, 0.6) is 0 Å². The van der Waals surface area contributed by atoms with Crippen molar-refractivity contribution in [3.05, 3.63) is 105 Å². The Labute approximate surface area is 231 Å². The Morgan fingerprint density at radius 3 is 2.25 bits per heavy atom. The molecule has 3 aromatic carbocycles. The highest BCUT2D eigenvalue weighted by Gasteiger charge is 2.32. The molecule has 1 atom stereocenters. The van der Waals surface area contributed by atoms with E-state index < -0.39 is 11.6 Å². The summed E-state index contributed by atoms with van der Waals surface area (Å²) in [6.45, 7) is 6.20. The molecule has 0 fully saturated rings. The molecule has 0 aliphatic heterocycles. The summed E-state index contributed by atoms with van der Waals surface area (Å²) in [5.74, 6) is 0.694. The van der Waals surface area contributed by atoms with Crippen molar-refractivity contribution in [2.75, 3.05) is 5.75 Å². The number of carbonyl (C=O) groups is 2. The zero-order valence-corrected chi connectivity index (χ0v) is 24.0. The Bertz CT molecular complexity index is 1150. The summed E-state index contributed by atoms with van der Waals surface area (Å²) < 4.78 is 0.965. The molecule has 0 aliphatic carbocycles. The normalized spacial score (nSPS) is 12.1. The van der Waals surface area contributed by atoms with Gasteiger partial charge in [0, 0.05) is 33.8 Å². The van der Waals surface area contributed by atoms with Crippen molar-refractivity contribution in [1.82, 2.24) is 10.2 Å². The number of nitrogens with one attached hydrogen (secondary N) is 1. The topological polar surface area (TPSA) is 49.4 Å². The van der Waals surface area contributed by atoms with Crippen molar-refractivity contribution in [3.63, 3.8) is 0 Å². The molecule has 190 valence electrons. The van der Waals surface area contributed by atoms with Gasteiger partial charge in [-0.15, -0.1) is 11.8 Å². The van der Waals surface area contributed by atoms with Crippen LogP contribution in [-0.4, -0.2) is 34.0 Å². The third-order valence-corrected chi connectivity index (χ3v) is 7.17. The van der Waals surface area contributed by atoms with E-state index in [0.717, 1.165) is 21.2 Å². The molecule has 0 aliphatic rings. The lowest BCUT2D eigenvalue weighted by atomic mass is 10.0. The predicted molar refractivity (Wildman–Crippen MR) is 154 cm³/mol. The highest BCUT2D eigenvalue weighted by molar-refractivity contribution is 9.10. The fraction of sp³-hybridized carbons (Fsp3) is 0.310. The van der Waals surface area contributed by atoms with Crippen molar-refractivity contribution in [2.24, 2.45) is 0 Å². The fourth-order valence-corrected chi connectivity index (χ4v) is 5.09. The minimum absolute atomic E-state index is 0.0741. The van der Waals surface area contributed by atoms with Gasteiger partial charge in [0.25, 0.3) is 0 Å². The summed E-state index contributed by atoms with van der Waals surface area (Å²) in [5, 5.41) is 3.77. The van der Waals surface area contributed by atoms with Gasteiger partial charge in [-0.2, -0.15) is 0 Å². The fourth-order valence-electron chi connectivity index (χ4n) is 3.76. The standard InChI is InChI=1S/C29H32BrClN2O2S/c1-29(2,3)32-28(35)26(17-21-8-5-4-6-9-21)33(18-22-12-14-24(30)15-13-22)27(34)20-36-19-23-10-7-11-25(31)16-23/h4-16,26H,17-20H2,1-3H3,(H,32,35). The molecule has 0 aromatic heterocycles. The van der Waals surface area contributed by atoms with Gasteiger partial charge < -0.3 is 10.2 Å². The first kappa shape index (κ1) is 28.3. The van der Waals surface area contributed by atoms with Crippen molar-refractivity contribution < 1.29 is 9.59 Å². The van der Waals surface area contributed by atoms with E-state index in [1.165, 1.54) is 11.8 Å². The van der Waals surface area contributed by atoms with Crippen LogP contribution in [0.15, 0.2) is 83.3 Å². The molecule has 1 N–H and O–H groups in total. The Morgan fingerprint density at radius 1 is 0.944 bits per heavy atom. The van der Waals surface area contributed by atoms with Crippen LogP contribution in [0.25, 0.3) is 0 Å². The average molecular weight is 588 g/mol. The average Bonchev–Trinajstić information content (AvgIpc) is 2.82. The lowest BCUT2D eigenvalue weighted by molar-refractivity contribution is -0.140. The highest BCUT2D eigenvalue weighted by Crippen LogP contribution is 2.21. The number of nitrogens with zero attached hydrogens (tertiary/aromatic N) is 1. The Hall–Kier alpha value is -2.28. The molecule has 3 aromatic rings. The molecule has 0 saturated carbocycles. The Kier molecular flexibility index (Phi) is 10.5. The van der Waals surface area contributed by atoms with Crippen molar-refractivity contribution in [1.29, 1.82) is 0 Å². The van der Waals surface area contributed by atoms with Crippen molar-refractivity contribution in [3.8, 4) is 0 Å². The van der Waals surface area contributed by atoms with E-state index in [-0.39, 0.29) is 17.6 Å². The third kappa shape index (κ3) is 9.30. The van der Waals surface area contributed by atoms with E-state index in [2.05, 4.69) is 21.2 Å². The summed E-state index contributed by atoms with van der Waals surface area (Å²) in [6.07, 6.45) is 0.435. The molecule has 3 rings (SSSR count). The van der Waals surface area contributed by atoms with Crippen LogP contribution in [0.3, 0.4) is 0 Å². The lowest BCUT2D eigenvalue weighted by Crippen LogP contribution is -2.54. The van der Waals surface area contributed by atoms with Crippen LogP contribution in [0.4, 0.5) is 0 Å². The van der Waals surface area contributed by atoms with Crippen LogP contribution in [-0.2, 0) is 28.3 Å². The van der Waals surface area contributed by atoms with E-state index in [9.17, 15) is 9.59 Å². The van der Waals surface area contributed by atoms with Gasteiger partial charge in [-0.25, -0.2) is 0 Å². The first-order valence-electron chi connectivity index (χ1n) is 11.8. The van der Waals surface area contributed by atoms with Gasteiger partial charge >= 0.3 is 0 Å². The Balaban J connectivity index is 1.86. The quantitative estimate of drug-likeness (QED) is 0.281. The molecule has 0 saturated heterocycles. The molecule has 0 bridgehead atoms. The monoisotopic (exact) mass is 586 g/mol. The van der Waals surface area contributed by atoms with Crippen molar-refractivity contribution >= 4 is 51.1 Å². The molecular formula is C29H32BrClN2O2S. The van der Waals surface area contributed by atoms with Crippen LogP contribution in [0.1, 0.15) is 37.5 Å². The van der Waals surface area contributed by atoms with Crippen molar-refractivity contribution in [2.45, 2.75) is 51.1 Å². The number of rotatable bonds is 10. The van der Waals surface area contributed by atoms with Gasteiger partial charge in [-0.05, 0) is 61.7 Å². The molecule has 1 unspecified atom stereocenters. The smallest absolute Gasteiger partial charge is 0.243 e. The van der Waals surface area contributed by atoms with E-state index in [0.29, 0.717) is 23.7 Å². The van der Waals surface area contributed by atoms with E-state index in [4.69, 9.17) is 11.6 Å². The minimum atomic E-state index is -0.644. The van der Waals surface area contributed by atoms with E-state index in [1.807, 2.05) is 99.6 Å². The molecular weight excluding hydrogens is 556 g/mol. The highest BCUT2D eigenvalue weighted by atomic mass is 79.9. The van der Waals surface area contributed by atoms with Crippen LogP contribution in [0, 0.1) is 0 Å². The van der Waals surface area contributed by atoms with Gasteiger partial charge in [-0.1, -0.05) is 82.1 Å². The van der Waals surface area contributed by atoms with Crippen LogP contribution < -0.4 is 5.32 Å². The largest absolute Gasteiger partial charge is 0.350 e. The molecule has 0 spiro atoms. The number of thioether (sulfide) groups is 1. The number of benzene rings is 3.